The van der Waals surface area contributed by atoms with E-state index in [4.69, 9.17) is 0 Å². The number of benzene rings is 2. The van der Waals surface area contributed by atoms with Gasteiger partial charge in [0.1, 0.15) is 5.82 Å². The molecule has 3 heteroatoms. The molecule has 0 aromatic heterocycles. The van der Waals surface area contributed by atoms with Crippen LogP contribution in [0.3, 0.4) is 0 Å². The van der Waals surface area contributed by atoms with Crippen molar-refractivity contribution >= 4 is 5.69 Å². The van der Waals surface area contributed by atoms with Gasteiger partial charge in [-0.3, -0.25) is 0 Å². The molecule has 2 aromatic carbocycles. The summed E-state index contributed by atoms with van der Waals surface area (Å²) in [5, 5.41) is 3.41. The van der Waals surface area contributed by atoms with Gasteiger partial charge in [-0.25, -0.2) is 4.39 Å². The lowest BCUT2D eigenvalue weighted by molar-refractivity contribution is 0.541. The number of anilines is 1. The Balaban J connectivity index is 1.91. The van der Waals surface area contributed by atoms with E-state index in [0.717, 1.165) is 31.5 Å². The van der Waals surface area contributed by atoms with Crippen molar-refractivity contribution < 1.29 is 4.39 Å². The highest BCUT2D eigenvalue weighted by molar-refractivity contribution is 5.56. The van der Waals surface area contributed by atoms with Gasteiger partial charge in [-0.05, 0) is 49.2 Å². The lowest BCUT2D eigenvalue weighted by Gasteiger charge is -2.26. The van der Waals surface area contributed by atoms with Crippen LogP contribution in [0.1, 0.15) is 30.0 Å². The van der Waals surface area contributed by atoms with Gasteiger partial charge in [0.15, 0.2) is 0 Å². The smallest absolute Gasteiger partial charge is 0.123 e. The molecule has 0 spiro atoms. The number of nitrogens with zero attached hydrogens (tertiary/aromatic N) is 1. The summed E-state index contributed by atoms with van der Waals surface area (Å²) in [4.78, 5) is 2.36. The SMILES string of the molecule is CNC1CCCN(Cc2cccc(F)c2)c2ccccc21. The predicted molar refractivity (Wildman–Crippen MR) is 84.9 cm³/mol. The third-order valence-corrected chi connectivity index (χ3v) is 4.18. The van der Waals surface area contributed by atoms with Gasteiger partial charge in [0, 0.05) is 24.8 Å². The molecule has 0 amide bonds. The van der Waals surface area contributed by atoms with Gasteiger partial charge >= 0.3 is 0 Å². The van der Waals surface area contributed by atoms with Crippen LogP contribution in [0.15, 0.2) is 48.5 Å². The first-order valence-corrected chi connectivity index (χ1v) is 7.53. The second kappa shape index (κ2) is 6.27. The average molecular weight is 284 g/mol. The van der Waals surface area contributed by atoms with Crippen LogP contribution in [-0.2, 0) is 6.54 Å². The van der Waals surface area contributed by atoms with Crippen LogP contribution in [0, 0.1) is 5.82 Å². The van der Waals surface area contributed by atoms with Gasteiger partial charge < -0.3 is 10.2 Å². The fraction of sp³-hybridized carbons (Fsp3) is 0.333. The number of para-hydroxylation sites is 1. The van der Waals surface area contributed by atoms with E-state index >= 15 is 0 Å². The standard InChI is InChI=1S/C18H21FN2/c1-20-17-9-5-11-21(18-10-3-2-8-16(17)18)13-14-6-4-7-15(19)12-14/h2-4,6-8,10,12,17,20H,5,9,11,13H2,1H3. The van der Waals surface area contributed by atoms with E-state index in [9.17, 15) is 4.39 Å². The second-order valence-corrected chi connectivity index (χ2v) is 5.59. The van der Waals surface area contributed by atoms with Gasteiger partial charge in [0.2, 0.25) is 0 Å². The third-order valence-electron chi connectivity index (χ3n) is 4.18. The zero-order valence-electron chi connectivity index (χ0n) is 12.3. The van der Waals surface area contributed by atoms with Crippen molar-refractivity contribution in [1.29, 1.82) is 0 Å². The van der Waals surface area contributed by atoms with Gasteiger partial charge in [-0.1, -0.05) is 30.3 Å². The van der Waals surface area contributed by atoms with Crippen molar-refractivity contribution in [3.63, 3.8) is 0 Å². The van der Waals surface area contributed by atoms with E-state index in [1.54, 1.807) is 12.1 Å². The Bertz CT molecular complexity index is 612. The molecule has 1 atom stereocenters. The van der Waals surface area contributed by atoms with Crippen molar-refractivity contribution in [2.45, 2.75) is 25.4 Å². The summed E-state index contributed by atoms with van der Waals surface area (Å²) < 4.78 is 13.4. The fourth-order valence-electron chi connectivity index (χ4n) is 3.15. The molecule has 110 valence electrons. The first-order valence-electron chi connectivity index (χ1n) is 7.53. The lowest BCUT2D eigenvalue weighted by atomic mass is 10.0. The molecule has 0 fully saturated rings. The van der Waals surface area contributed by atoms with Crippen molar-refractivity contribution in [2.75, 3.05) is 18.5 Å². The molecule has 1 unspecified atom stereocenters. The van der Waals surface area contributed by atoms with Gasteiger partial charge in [-0.2, -0.15) is 0 Å². The highest BCUT2D eigenvalue weighted by Crippen LogP contribution is 2.33. The topological polar surface area (TPSA) is 15.3 Å². The van der Waals surface area contributed by atoms with E-state index in [2.05, 4.69) is 34.5 Å². The monoisotopic (exact) mass is 284 g/mol. The number of hydrogen-bond donors (Lipinski definition) is 1. The summed E-state index contributed by atoms with van der Waals surface area (Å²) in [5.41, 5.74) is 3.63. The van der Waals surface area contributed by atoms with E-state index < -0.39 is 0 Å². The summed E-state index contributed by atoms with van der Waals surface area (Å²) >= 11 is 0. The van der Waals surface area contributed by atoms with E-state index in [-0.39, 0.29) is 5.82 Å². The lowest BCUT2D eigenvalue weighted by Crippen LogP contribution is -2.23. The van der Waals surface area contributed by atoms with Crippen LogP contribution in [0.5, 0.6) is 0 Å². The van der Waals surface area contributed by atoms with Crippen molar-refractivity contribution in [3.05, 3.63) is 65.5 Å². The molecule has 3 rings (SSSR count). The number of rotatable bonds is 3. The van der Waals surface area contributed by atoms with Crippen molar-refractivity contribution in [1.82, 2.24) is 5.32 Å². The van der Waals surface area contributed by atoms with E-state index in [1.807, 2.05) is 13.1 Å². The quantitative estimate of drug-likeness (QED) is 0.920. The Kier molecular flexibility index (Phi) is 4.20. The van der Waals surface area contributed by atoms with Gasteiger partial charge in [0.25, 0.3) is 0 Å². The molecule has 1 aliphatic rings. The number of hydrogen-bond acceptors (Lipinski definition) is 2. The highest BCUT2D eigenvalue weighted by Gasteiger charge is 2.21. The largest absolute Gasteiger partial charge is 0.367 e. The molecule has 2 aromatic rings. The van der Waals surface area contributed by atoms with Crippen LogP contribution in [-0.4, -0.2) is 13.6 Å². The number of halogens is 1. The minimum absolute atomic E-state index is 0.163. The zero-order chi connectivity index (χ0) is 14.7. The second-order valence-electron chi connectivity index (χ2n) is 5.59. The molecule has 2 nitrogen and oxygen atoms in total. The maximum atomic E-state index is 13.4. The molecule has 0 bridgehead atoms. The summed E-state index contributed by atoms with van der Waals surface area (Å²) in [6.45, 7) is 1.76. The molecule has 1 heterocycles. The van der Waals surface area contributed by atoms with Gasteiger partial charge in [0.05, 0.1) is 0 Å². The third kappa shape index (κ3) is 3.08. The first kappa shape index (κ1) is 14.1. The summed E-state index contributed by atoms with van der Waals surface area (Å²) in [6, 6.07) is 15.8. The predicted octanol–water partition coefficient (Wildman–Crippen LogP) is 3.89. The minimum atomic E-state index is -0.163. The van der Waals surface area contributed by atoms with Crippen LogP contribution in [0.2, 0.25) is 0 Å². The highest BCUT2D eigenvalue weighted by atomic mass is 19.1. The molecule has 21 heavy (non-hydrogen) atoms. The molecular formula is C18H21FN2. The maximum absolute atomic E-state index is 13.4. The van der Waals surface area contributed by atoms with E-state index in [1.165, 1.54) is 17.3 Å². The van der Waals surface area contributed by atoms with Crippen LogP contribution >= 0.6 is 0 Å². The molecule has 1 aliphatic heterocycles. The maximum Gasteiger partial charge on any atom is 0.123 e. The summed E-state index contributed by atoms with van der Waals surface area (Å²) in [5.74, 6) is -0.163. The van der Waals surface area contributed by atoms with Crippen LogP contribution in [0.25, 0.3) is 0 Å². The van der Waals surface area contributed by atoms with Crippen LogP contribution in [0.4, 0.5) is 10.1 Å². The zero-order valence-corrected chi connectivity index (χ0v) is 12.3. The summed E-state index contributed by atoms with van der Waals surface area (Å²) in [6.07, 6.45) is 2.27. The molecular weight excluding hydrogens is 263 g/mol. The average Bonchev–Trinajstić information content (AvgIpc) is 2.67. The van der Waals surface area contributed by atoms with Crippen molar-refractivity contribution in [2.24, 2.45) is 0 Å². The van der Waals surface area contributed by atoms with Gasteiger partial charge in [-0.15, -0.1) is 0 Å². The Morgan fingerprint density at radius 1 is 1.19 bits per heavy atom. The fourth-order valence-corrected chi connectivity index (χ4v) is 3.15. The Morgan fingerprint density at radius 3 is 2.86 bits per heavy atom. The number of nitrogens with one attached hydrogen (secondary N) is 1. The molecule has 0 radical (unpaired) electrons. The Labute approximate surface area is 125 Å². The molecule has 0 saturated heterocycles. The summed E-state index contributed by atoms with van der Waals surface area (Å²) in [7, 11) is 2.02. The Hall–Kier alpha value is -1.87. The molecule has 0 saturated carbocycles. The molecule has 0 aliphatic carbocycles. The van der Waals surface area contributed by atoms with Crippen molar-refractivity contribution in [3.8, 4) is 0 Å². The molecule has 1 N–H and O–H groups in total. The normalized spacial score (nSPS) is 18.2. The van der Waals surface area contributed by atoms with Crippen LogP contribution < -0.4 is 10.2 Å². The first-order chi connectivity index (χ1) is 10.3. The Morgan fingerprint density at radius 2 is 2.05 bits per heavy atom. The minimum Gasteiger partial charge on any atom is -0.367 e. The number of fused-ring (bicyclic) bond motifs is 1. The van der Waals surface area contributed by atoms with E-state index in [0.29, 0.717) is 6.04 Å².